The molecule has 0 aliphatic carbocycles. The summed E-state index contributed by atoms with van der Waals surface area (Å²) in [5.74, 6) is -0.555. The van der Waals surface area contributed by atoms with E-state index in [9.17, 15) is 12.8 Å². The van der Waals surface area contributed by atoms with E-state index in [0.717, 1.165) is 6.07 Å². The first kappa shape index (κ1) is 22.5. The Kier molecular flexibility index (Phi) is 6.08. The van der Waals surface area contributed by atoms with Crippen LogP contribution in [0.2, 0.25) is 5.02 Å². The van der Waals surface area contributed by atoms with Crippen molar-refractivity contribution in [2.75, 3.05) is 32.8 Å². The van der Waals surface area contributed by atoms with Crippen LogP contribution in [0.4, 0.5) is 15.8 Å². The summed E-state index contributed by atoms with van der Waals surface area (Å²) in [6.45, 7) is 15.5. The SMILES string of the molecule is [C-]#[N+]c1ccc(O[C@H]2CN(S(=O)(=O)c3ccc(Cl)cc3[N+]#[C-])C[C@]23CNCCO3)cc1F. The third-order valence-corrected chi connectivity index (χ3v) is 7.56. The van der Waals surface area contributed by atoms with Crippen LogP contribution < -0.4 is 10.1 Å². The zero-order chi connectivity index (χ0) is 22.9. The average molecular weight is 477 g/mol. The summed E-state index contributed by atoms with van der Waals surface area (Å²) >= 11 is 5.92. The molecule has 2 aliphatic rings. The van der Waals surface area contributed by atoms with Crippen molar-refractivity contribution in [3.05, 3.63) is 70.1 Å². The Labute approximate surface area is 190 Å². The van der Waals surface area contributed by atoms with Crippen LogP contribution in [-0.2, 0) is 14.8 Å². The van der Waals surface area contributed by atoms with E-state index in [1.54, 1.807) is 0 Å². The van der Waals surface area contributed by atoms with Gasteiger partial charge in [0.1, 0.15) is 23.3 Å². The quantitative estimate of drug-likeness (QED) is 0.684. The van der Waals surface area contributed by atoms with Crippen molar-refractivity contribution in [1.82, 2.24) is 9.62 Å². The van der Waals surface area contributed by atoms with Gasteiger partial charge in [0.05, 0.1) is 31.2 Å². The smallest absolute Gasteiger partial charge is 0.233 e. The van der Waals surface area contributed by atoms with Gasteiger partial charge in [0, 0.05) is 30.7 Å². The van der Waals surface area contributed by atoms with E-state index >= 15 is 0 Å². The zero-order valence-corrected chi connectivity index (χ0v) is 18.3. The Bertz CT molecular complexity index is 1240. The Hall–Kier alpha value is -2.73. The van der Waals surface area contributed by atoms with E-state index in [0.29, 0.717) is 19.7 Å². The number of morpholine rings is 1. The molecule has 0 saturated carbocycles. The predicted octanol–water partition coefficient (Wildman–Crippen LogP) is 3.39. The lowest BCUT2D eigenvalue weighted by Gasteiger charge is -2.38. The first-order valence-electron chi connectivity index (χ1n) is 9.64. The van der Waals surface area contributed by atoms with Crippen LogP contribution in [0, 0.1) is 19.0 Å². The summed E-state index contributed by atoms with van der Waals surface area (Å²) in [7, 11) is -4.06. The maximum absolute atomic E-state index is 14.1. The summed E-state index contributed by atoms with van der Waals surface area (Å²) in [6, 6.07) is 7.91. The summed E-state index contributed by atoms with van der Waals surface area (Å²) < 4.78 is 54.1. The molecule has 0 unspecified atom stereocenters. The number of halogens is 2. The Morgan fingerprint density at radius 2 is 2.00 bits per heavy atom. The van der Waals surface area contributed by atoms with Crippen molar-refractivity contribution in [1.29, 1.82) is 0 Å². The fraction of sp³-hybridized carbons (Fsp3) is 0.333. The molecule has 0 radical (unpaired) electrons. The van der Waals surface area contributed by atoms with E-state index in [1.165, 1.54) is 34.6 Å². The predicted molar refractivity (Wildman–Crippen MR) is 115 cm³/mol. The van der Waals surface area contributed by atoms with Gasteiger partial charge in [0.15, 0.2) is 0 Å². The normalized spacial score (nSPS) is 23.6. The fourth-order valence-electron chi connectivity index (χ4n) is 3.88. The van der Waals surface area contributed by atoms with E-state index < -0.39 is 27.5 Å². The molecule has 2 aromatic rings. The van der Waals surface area contributed by atoms with Gasteiger partial charge in [-0.2, -0.15) is 4.31 Å². The number of rotatable bonds is 4. The van der Waals surface area contributed by atoms with Gasteiger partial charge in [-0.05, 0) is 24.3 Å². The second kappa shape index (κ2) is 8.66. The Balaban J connectivity index is 1.67. The Morgan fingerprint density at radius 1 is 1.22 bits per heavy atom. The van der Waals surface area contributed by atoms with Crippen LogP contribution in [0.5, 0.6) is 5.75 Å². The third-order valence-electron chi connectivity index (χ3n) is 5.47. The van der Waals surface area contributed by atoms with Crippen molar-refractivity contribution in [2.24, 2.45) is 0 Å². The minimum Gasteiger partial charge on any atom is -0.486 e. The Morgan fingerprint density at radius 3 is 2.66 bits per heavy atom. The largest absolute Gasteiger partial charge is 0.486 e. The molecule has 11 heteroatoms. The van der Waals surface area contributed by atoms with Crippen molar-refractivity contribution >= 4 is 33.0 Å². The van der Waals surface area contributed by atoms with Gasteiger partial charge < -0.3 is 14.8 Å². The van der Waals surface area contributed by atoms with E-state index in [2.05, 4.69) is 15.0 Å². The molecule has 0 amide bonds. The monoisotopic (exact) mass is 476 g/mol. The van der Waals surface area contributed by atoms with Gasteiger partial charge >= 0.3 is 0 Å². The highest BCUT2D eigenvalue weighted by Crippen LogP contribution is 2.37. The molecule has 0 aromatic heterocycles. The molecule has 2 saturated heterocycles. The van der Waals surface area contributed by atoms with Gasteiger partial charge in [0.25, 0.3) is 0 Å². The van der Waals surface area contributed by atoms with Crippen molar-refractivity contribution in [2.45, 2.75) is 16.6 Å². The van der Waals surface area contributed by atoms with Crippen LogP contribution in [0.25, 0.3) is 9.69 Å². The van der Waals surface area contributed by atoms with Gasteiger partial charge in [-0.15, -0.1) is 0 Å². The topological polar surface area (TPSA) is 76.6 Å². The lowest BCUT2D eigenvalue weighted by Crippen LogP contribution is -2.58. The number of hydrogen-bond donors (Lipinski definition) is 1. The first-order valence-corrected chi connectivity index (χ1v) is 11.5. The average Bonchev–Trinajstić information content (AvgIpc) is 3.12. The summed E-state index contributed by atoms with van der Waals surface area (Å²) in [4.78, 5) is 6.25. The molecule has 0 bridgehead atoms. The lowest BCUT2D eigenvalue weighted by molar-refractivity contribution is -0.103. The number of ether oxygens (including phenoxy) is 2. The fourth-order valence-corrected chi connectivity index (χ4v) is 5.65. The second-order valence-corrected chi connectivity index (χ2v) is 9.79. The molecule has 4 rings (SSSR count). The minimum atomic E-state index is -4.06. The van der Waals surface area contributed by atoms with Gasteiger partial charge in [-0.25, -0.2) is 22.5 Å². The maximum atomic E-state index is 14.1. The highest BCUT2D eigenvalue weighted by molar-refractivity contribution is 7.89. The summed E-state index contributed by atoms with van der Waals surface area (Å²) in [5.41, 5.74) is -1.20. The molecule has 1 N–H and O–H groups in total. The zero-order valence-electron chi connectivity index (χ0n) is 16.7. The third kappa shape index (κ3) is 4.04. The molecule has 2 atom stereocenters. The molecule has 2 aliphatic heterocycles. The number of hydrogen-bond acceptors (Lipinski definition) is 5. The van der Waals surface area contributed by atoms with Crippen LogP contribution in [0.1, 0.15) is 0 Å². The highest BCUT2D eigenvalue weighted by atomic mass is 35.5. The van der Waals surface area contributed by atoms with E-state index in [-0.39, 0.29) is 40.1 Å². The molecule has 32 heavy (non-hydrogen) atoms. The first-order chi connectivity index (χ1) is 15.3. The molecular formula is C21H18ClFN4O4S. The maximum Gasteiger partial charge on any atom is 0.233 e. The number of nitrogens with one attached hydrogen (secondary N) is 1. The highest BCUT2D eigenvalue weighted by Gasteiger charge is 2.54. The molecule has 1 spiro atoms. The number of sulfonamides is 1. The summed E-state index contributed by atoms with van der Waals surface area (Å²) in [5, 5.41) is 3.46. The standard InChI is InChI=1S/C21H18ClFN4O4S/c1-24-17-5-4-15(10-16(17)23)31-20-11-27(13-21(20)12-26-7-8-30-21)32(28,29)19-6-3-14(22)9-18(19)25-2/h3-6,9-10,20,26H,7-8,11-13H2/t20-,21+/m0/s1. The van der Waals surface area contributed by atoms with Crippen LogP contribution in [-0.4, -0.2) is 57.2 Å². The van der Waals surface area contributed by atoms with Crippen molar-refractivity contribution in [3.63, 3.8) is 0 Å². The van der Waals surface area contributed by atoms with E-state index in [4.69, 9.17) is 34.2 Å². The second-order valence-electron chi connectivity index (χ2n) is 7.44. The van der Waals surface area contributed by atoms with Crippen molar-refractivity contribution < 1.29 is 22.3 Å². The van der Waals surface area contributed by atoms with Crippen molar-refractivity contribution in [3.8, 4) is 5.75 Å². The molecule has 2 fully saturated rings. The van der Waals surface area contributed by atoms with Crippen LogP contribution >= 0.6 is 11.6 Å². The van der Waals surface area contributed by atoms with Crippen LogP contribution in [0.3, 0.4) is 0 Å². The minimum absolute atomic E-state index is 0.00428. The van der Waals surface area contributed by atoms with Gasteiger partial charge in [-0.1, -0.05) is 17.7 Å². The lowest BCUT2D eigenvalue weighted by atomic mass is 9.98. The molecule has 166 valence electrons. The molecule has 2 heterocycles. The molecule has 8 nitrogen and oxygen atoms in total. The number of benzene rings is 2. The number of nitrogens with zero attached hydrogens (tertiary/aromatic N) is 3. The van der Waals surface area contributed by atoms with Crippen LogP contribution in [0.15, 0.2) is 41.3 Å². The molecule has 2 aromatic carbocycles. The van der Waals surface area contributed by atoms with E-state index in [1.807, 2.05) is 0 Å². The summed E-state index contributed by atoms with van der Waals surface area (Å²) in [6.07, 6.45) is -0.744. The van der Waals surface area contributed by atoms with Gasteiger partial charge in [-0.3, -0.25) is 0 Å². The van der Waals surface area contributed by atoms with Gasteiger partial charge in [0.2, 0.25) is 21.4 Å². The molecular weight excluding hydrogens is 459 g/mol.